The highest BCUT2D eigenvalue weighted by molar-refractivity contribution is 5.97. The second-order valence-corrected chi connectivity index (χ2v) is 11.3. The van der Waals surface area contributed by atoms with Gasteiger partial charge in [-0.2, -0.15) is 0 Å². The summed E-state index contributed by atoms with van der Waals surface area (Å²) >= 11 is 0. The molecule has 2 aliphatic rings. The average molecular weight is 514 g/mol. The van der Waals surface area contributed by atoms with Crippen molar-refractivity contribution in [2.45, 2.75) is 59.1 Å². The topological polar surface area (TPSA) is 88.1 Å². The summed E-state index contributed by atoms with van der Waals surface area (Å²) < 4.78 is 25.8. The van der Waals surface area contributed by atoms with Gasteiger partial charge in [-0.05, 0) is 65.7 Å². The van der Waals surface area contributed by atoms with Gasteiger partial charge in [0.2, 0.25) is 0 Å². The zero-order valence-corrected chi connectivity index (χ0v) is 22.5. The number of halogens is 1. The molecule has 1 unspecified atom stereocenters. The van der Waals surface area contributed by atoms with Crippen LogP contribution in [0.4, 0.5) is 15.0 Å². The summed E-state index contributed by atoms with van der Waals surface area (Å²) in [5.41, 5.74) is -0.463. The third-order valence-electron chi connectivity index (χ3n) is 6.97. The number of rotatable bonds is 5. The molecular formula is C27H36FN5O4. The van der Waals surface area contributed by atoms with E-state index in [1.807, 2.05) is 34.6 Å². The smallest absolute Gasteiger partial charge is 0.410 e. The van der Waals surface area contributed by atoms with E-state index >= 15 is 0 Å². The lowest BCUT2D eigenvalue weighted by Gasteiger charge is -2.27. The normalized spacial score (nSPS) is 19.6. The van der Waals surface area contributed by atoms with Crippen LogP contribution in [0.3, 0.4) is 0 Å². The van der Waals surface area contributed by atoms with Crippen LogP contribution in [0.1, 0.15) is 57.8 Å². The number of ether oxygens (including phenoxy) is 2. The van der Waals surface area contributed by atoms with E-state index in [0.717, 1.165) is 19.4 Å². The van der Waals surface area contributed by atoms with Crippen molar-refractivity contribution in [3.05, 3.63) is 42.1 Å². The molecule has 2 aromatic rings. The molecule has 37 heavy (non-hydrogen) atoms. The number of aromatic nitrogens is 2. The van der Waals surface area contributed by atoms with Crippen molar-refractivity contribution in [3.8, 4) is 11.5 Å². The number of hydrogen-bond acceptors (Lipinski definition) is 7. The first-order valence-electron chi connectivity index (χ1n) is 12.6. The predicted octanol–water partition coefficient (Wildman–Crippen LogP) is 4.73. The van der Waals surface area contributed by atoms with Gasteiger partial charge in [0.1, 0.15) is 23.5 Å². The summed E-state index contributed by atoms with van der Waals surface area (Å²) in [6.07, 6.45) is 4.50. The lowest BCUT2D eigenvalue weighted by Crippen LogP contribution is -2.37. The molecule has 1 spiro atoms. The molecule has 1 aromatic carbocycles. The van der Waals surface area contributed by atoms with Crippen LogP contribution in [-0.4, -0.2) is 76.6 Å². The van der Waals surface area contributed by atoms with Crippen LogP contribution in [0, 0.1) is 11.2 Å². The minimum atomic E-state index is -0.535. The van der Waals surface area contributed by atoms with Crippen LogP contribution in [0.5, 0.6) is 11.5 Å². The zero-order valence-electron chi connectivity index (χ0n) is 22.5. The molecule has 2 fully saturated rings. The fraction of sp³-hybridized carbons (Fsp3) is 0.556. The number of nitrogens with zero attached hydrogens (tertiary/aromatic N) is 5. The predicted molar refractivity (Wildman–Crippen MR) is 137 cm³/mol. The Hall–Kier alpha value is -3.43. The number of benzene rings is 1. The van der Waals surface area contributed by atoms with Crippen LogP contribution in [0.25, 0.3) is 0 Å². The summed E-state index contributed by atoms with van der Waals surface area (Å²) in [4.78, 5) is 39.7. The highest BCUT2D eigenvalue weighted by Crippen LogP contribution is 2.43. The van der Waals surface area contributed by atoms with Crippen molar-refractivity contribution in [2.24, 2.45) is 5.41 Å². The summed E-state index contributed by atoms with van der Waals surface area (Å²) in [7, 11) is 1.67. The van der Waals surface area contributed by atoms with E-state index in [1.165, 1.54) is 29.4 Å². The van der Waals surface area contributed by atoms with Crippen molar-refractivity contribution in [1.29, 1.82) is 0 Å². The van der Waals surface area contributed by atoms with E-state index in [-0.39, 0.29) is 34.8 Å². The third kappa shape index (κ3) is 5.94. The summed E-state index contributed by atoms with van der Waals surface area (Å²) in [6.45, 7) is 12.1. The Kier molecular flexibility index (Phi) is 7.30. The molecule has 0 bridgehead atoms. The van der Waals surface area contributed by atoms with E-state index in [4.69, 9.17) is 9.47 Å². The van der Waals surface area contributed by atoms with Gasteiger partial charge in [0.25, 0.3) is 5.91 Å². The van der Waals surface area contributed by atoms with Gasteiger partial charge < -0.3 is 24.2 Å². The molecule has 3 heterocycles. The van der Waals surface area contributed by atoms with E-state index in [2.05, 4.69) is 14.9 Å². The number of amides is 2. The third-order valence-corrected chi connectivity index (χ3v) is 6.97. The van der Waals surface area contributed by atoms with Gasteiger partial charge in [-0.25, -0.2) is 19.2 Å². The van der Waals surface area contributed by atoms with Gasteiger partial charge in [0.05, 0.1) is 11.8 Å². The van der Waals surface area contributed by atoms with Crippen molar-refractivity contribution >= 4 is 17.8 Å². The minimum absolute atomic E-state index is 0.0594. The fourth-order valence-electron chi connectivity index (χ4n) is 4.79. The lowest BCUT2D eigenvalue weighted by atomic mass is 9.86. The first-order valence-corrected chi connectivity index (χ1v) is 12.6. The van der Waals surface area contributed by atoms with Crippen molar-refractivity contribution in [3.63, 3.8) is 0 Å². The van der Waals surface area contributed by atoms with Crippen LogP contribution >= 0.6 is 0 Å². The maximum atomic E-state index is 14.1. The number of carbonyl (C=O) groups is 2. The Morgan fingerprint density at radius 3 is 2.57 bits per heavy atom. The molecular weight excluding hydrogens is 477 g/mol. The van der Waals surface area contributed by atoms with Gasteiger partial charge in [-0.1, -0.05) is 0 Å². The first-order chi connectivity index (χ1) is 17.4. The largest absolute Gasteiger partial charge is 0.451 e. The average Bonchev–Trinajstić information content (AvgIpc) is 3.45. The molecule has 1 aromatic heterocycles. The quantitative estimate of drug-likeness (QED) is 0.571. The van der Waals surface area contributed by atoms with Crippen LogP contribution < -0.4 is 9.64 Å². The van der Waals surface area contributed by atoms with Gasteiger partial charge in [-0.15, -0.1) is 0 Å². The molecule has 2 amide bonds. The van der Waals surface area contributed by atoms with E-state index < -0.39 is 11.4 Å². The molecule has 2 aliphatic heterocycles. The summed E-state index contributed by atoms with van der Waals surface area (Å²) in [5, 5.41) is 0. The van der Waals surface area contributed by atoms with E-state index in [1.54, 1.807) is 18.1 Å². The summed E-state index contributed by atoms with van der Waals surface area (Å²) in [6, 6.07) is 3.84. The Balaban J connectivity index is 1.53. The standard InChI is InChI=1S/C27H36FN5O4/c1-18(2)31(6)24(34)20-13-19(28)7-8-21(20)36-22-14-29-17-30-23(22)32-11-9-27(15-32)10-12-33(16-27)25(35)37-26(3,4)5/h7-8,13-14,17-18H,9-12,15-16H2,1-6H3. The second-order valence-electron chi connectivity index (χ2n) is 11.3. The van der Waals surface area contributed by atoms with Crippen molar-refractivity contribution in [1.82, 2.24) is 19.8 Å². The Morgan fingerprint density at radius 2 is 1.86 bits per heavy atom. The van der Waals surface area contributed by atoms with Gasteiger partial charge in [-0.3, -0.25) is 4.79 Å². The zero-order chi connectivity index (χ0) is 27.0. The van der Waals surface area contributed by atoms with E-state index in [9.17, 15) is 14.0 Å². The molecule has 9 nitrogen and oxygen atoms in total. The highest BCUT2D eigenvalue weighted by Gasteiger charge is 2.46. The van der Waals surface area contributed by atoms with Crippen molar-refractivity contribution < 1.29 is 23.5 Å². The minimum Gasteiger partial charge on any atom is -0.451 e. The number of carbonyl (C=O) groups excluding carboxylic acids is 2. The number of hydrogen-bond donors (Lipinski definition) is 0. The molecule has 0 saturated carbocycles. The van der Waals surface area contributed by atoms with Crippen molar-refractivity contribution in [2.75, 3.05) is 38.1 Å². The maximum Gasteiger partial charge on any atom is 0.410 e. The molecule has 4 rings (SSSR count). The van der Waals surface area contributed by atoms with Crippen LogP contribution in [-0.2, 0) is 4.74 Å². The van der Waals surface area contributed by atoms with Gasteiger partial charge in [0.15, 0.2) is 11.6 Å². The first kappa shape index (κ1) is 26.6. The molecule has 1 atom stereocenters. The molecule has 0 N–H and O–H groups in total. The summed E-state index contributed by atoms with van der Waals surface area (Å²) in [5.74, 6) is 0.364. The molecule has 200 valence electrons. The number of anilines is 1. The Morgan fingerprint density at radius 1 is 1.14 bits per heavy atom. The van der Waals surface area contributed by atoms with Gasteiger partial charge in [0, 0.05) is 44.7 Å². The second kappa shape index (κ2) is 10.1. The number of likely N-dealkylation sites (tertiary alicyclic amines) is 1. The molecule has 10 heteroatoms. The molecule has 2 saturated heterocycles. The lowest BCUT2D eigenvalue weighted by molar-refractivity contribution is 0.0276. The fourth-order valence-corrected chi connectivity index (χ4v) is 4.79. The van der Waals surface area contributed by atoms with Crippen LogP contribution in [0.15, 0.2) is 30.7 Å². The van der Waals surface area contributed by atoms with Gasteiger partial charge >= 0.3 is 6.09 Å². The Labute approximate surface area is 217 Å². The van der Waals surface area contributed by atoms with E-state index in [0.29, 0.717) is 31.2 Å². The van der Waals surface area contributed by atoms with Crippen LogP contribution in [0.2, 0.25) is 0 Å². The molecule has 0 aliphatic carbocycles. The monoisotopic (exact) mass is 513 g/mol. The highest BCUT2D eigenvalue weighted by atomic mass is 19.1. The Bertz CT molecular complexity index is 1170. The SMILES string of the molecule is CC(C)N(C)C(=O)c1cc(F)ccc1Oc1cncnc1N1CCC2(CCN(C(=O)OC(C)(C)C)C2)C1. The molecule has 0 radical (unpaired) electrons. The maximum absolute atomic E-state index is 14.1.